The number of sulfonamides is 1. The Kier molecular flexibility index (Phi) is 11.0. The van der Waals surface area contributed by atoms with E-state index in [1.165, 1.54) is 25.3 Å². The number of ether oxygens (including phenoxy) is 1. The van der Waals surface area contributed by atoms with E-state index >= 15 is 0 Å². The van der Waals surface area contributed by atoms with Crippen LogP contribution in [0.2, 0.25) is 10.0 Å². The van der Waals surface area contributed by atoms with Crippen LogP contribution in [0, 0.1) is 5.92 Å². The molecule has 2 heterocycles. The van der Waals surface area contributed by atoms with Crippen LogP contribution in [-0.2, 0) is 19.6 Å². The van der Waals surface area contributed by atoms with Crippen molar-refractivity contribution in [3.05, 3.63) is 93.5 Å². The zero-order valence-electron chi connectivity index (χ0n) is 21.7. The molecule has 0 saturated carbocycles. The fourth-order valence-corrected chi connectivity index (χ4v) is 5.82. The Hall–Kier alpha value is -3.51. The first kappa shape index (κ1) is 31.0. The zero-order valence-corrected chi connectivity index (χ0v) is 24.8. The van der Waals surface area contributed by atoms with Crippen molar-refractivity contribution in [2.24, 2.45) is 5.92 Å². The Morgan fingerprint density at radius 3 is 2.20 bits per heavy atom. The van der Waals surface area contributed by atoms with Crippen LogP contribution < -0.4 is 10.0 Å². The van der Waals surface area contributed by atoms with Crippen molar-refractivity contribution in [3.8, 4) is 11.3 Å². The highest BCUT2D eigenvalue weighted by Crippen LogP contribution is 2.28. The first-order valence-corrected chi connectivity index (χ1v) is 14.9. The molecule has 2 N–H and O–H groups in total. The second-order valence-corrected chi connectivity index (χ2v) is 11.9. The van der Waals surface area contributed by atoms with Crippen LogP contribution in [0.5, 0.6) is 0 Å². The standard InChI is InChI=1S/C22H21Cl2N3O5S2.C5H5N/c1-12(2)19(22(29)32-3)26-20(28)21-25-17(11-33-21)13-4-7-15(8-5-13)27-34(30,31)18-9-6-14(23)10-16(18)24;1-2-4-6-5-3-1/h4-12,19,27H,1-3H3,(H,26,28);1-5H. The number of nitrogens with one attached hydrogen (secondary N) is 2. The summed E-state index contributed by atoms with van der Waals surface area (Å²) >= 11 is 13.0. The highest BCUT2D eigenvalue weighted by Gasteiger charge is 2.26. The molecule has 0 radical (unpaired) electrons. The summed E-state index contributed by atoms with van der Waals surface area (Å²) in [6.07, 6.45) is 3.50. The normalized spacial score (nSPS) is 11.7. The van der Waals surface area contributed by atoms with Gasteiger partial charge in [-0.3, -0.25) is 14.5 Å². The maximum atomic E-state index is 12.6. The number of amides is 1. The molecule has 2 aromatic heterocycles. The van der Waals surface area contributed by atoms with Crippen LogP contribution >= 0.6 is 34.5 Å². The van der Waals surface area contributed by atoms with Crippen molar-refractivity contribution in [2.45, 2.75) is 24.8 Å². The molecule has 0 bridgehead atoms. The van der Waals surface area contributed by atoms with Gasteiger partial charge in [0.05, 0.1) is 17.8 Å². The lowest BCUT2D eigenvalue weighted by Gasteiger charge is -2.18. The van der Waals surface area contributed by atoms with Gasteiger partial charge in [-0.1, -0.05) is 55.2 Å². The Morgan fingerprint density at radius 2 is 1.68 bits per heavy atom. The van der Waals surface area contributed by atoms with Gasteiger partial charge in [0.1, 0.15) is 10.9 Å². The van der Waals surface area contributed by atoms with E-state index in [1.54, 1.807) is 55.9 Å². The third kappa shape index (κ3) is 8.49. The van der Waals surface area contributed by atoms with Gasteiger partial charge in [0.25, 0.3) is 15.9 Å². The Balaban J connectivity index is 0.000000649. The van der Waals surface area contributed by atoms with Crippen molar-refractivity contribution in [1.29, 1.82) is 0 Å². The molecule has 9 nitrogen and oxygen atoms in total. The van der Waals surface area contributed by atoms with E-state index in [0.717, 1.165) is 11.3 Å². The molecule has 13 heteroatoms. The van der Waals surface area contributed by atoms with Gasteiger partial charge in [-0.05, 0) is 48.4 Å². The van der Waals surface area contributed by atoms with E-state index in [0.29, 0.717) is 22.0 Å². The molecule has 0 aliphatic rings. The summed E-state index contributed by atoms with van der Waals surface area (Å²) in [5.41, 5.74) is 1.53. The van der Waals surface area contributed by atoms with E-state index in [-0.39, 0.29) is 20.8 Å². The van der Waals surface area contributed by atoms with E-state index < -0.39 is 27.9 Å². The number of hydrogen-bond donors (Lipinski definition) is 2. The monoisotopic (exact) mass is 620 g/mol. The summed E-state index contributed by atoms with van der Waals surface area (Å²) in [4.78, 5) is 32.5. The number of carbonyl (C=O) groups is 2. The Bertz CT molecular complexity index is 1520. The summed E-state index contributed by atoms with van der Waals surface area (Å²) in [5, 5.41) is 4.87. The first-order chi connectivity index (χ1) is 19.0. The fraction of sp³-hybridized carbons (Fsp3) is 0.185. The molecule has 0 aliphatic heterocycles. The molecule has 4 aromatic rings. The average Bonchev–Trinajstić information content (AvgIpc) is 3.43. The van der Waals surface area contributed by atoms with Crippen molar-refractivity contribution < 1.29 is 22.7 Å². The number of thiazole rings is 1. The number of aromatic nitrogens is 2. The SMILES string of the molecule is COC(=O)C(NC(=O)c1nc(-c2ccc(NS(=O)(=O)c3ccc(Cl)cc3Cl)cc2)cs1)C(C)C.c1ccncc1. The minimum atomic E-state index is -3.92. The van der Waals surface area contributed by atoms with Gasteiger partial charge in [-0.25, -0.2) is 18.2 Å². The number of halogens is 2. The van der Waals surface area contributed by atoms with Gasteiger partial charge in [-0.2, -0.15) is 0 Å². The number of benzene rings is 2. The quantitative estimate of drug-likeness (QED) is 0.234. The summed E-state index contributed by atoms with van der Waals surface area (Å²) < 4.78 is 32.5. The van der Waals surface area contributed by atoms with E-state index in [4.69, 9.17) is 27.9 Å². The Labute approximate surface area is 246 Å². The molecule has 0 saturated heterocycles. The summed E-state index contributed by atoms with van der Waals surface area (Å²) in [7, 11) is -2.66. The van der Waals surface area contributed by atoms with Gasteiger partial charge >= 0.3 is 5.97 Å². The number of nitrogens with zero attached hydrogens (tertiary/aromatic N) is 2. The third-order valence-corrected chi connectivity index (χ3v) is 8.23. The molecule has 0 fully saturated rings. The van der Waals surface area contributed by atoms with Crippen LogP contribution in [0.1, 0.15) is 23.6 Å². The van der Waals surface area contributed by atoms with Crippen LogP contribution in [0.25, 0.3) is 11.3 Å². The maximum Gasteiger partial charge on any atom is 0.328 e. The van der Waals surface area contributed by atoms with E-state index in [9.17, 15) is 18.0 Å². The van der Waals surface area contributed by atoms with Crippen LogP contribution in [0.3, 0.4) is 0 Å². The molecule has 40 heavy (non-hydrogen) atoms. The number of anilines is 1. The van der Waals surface area contributed by atoms with E-state index in [1.807, 2.05) is 18.2 Å². The van der Waals surface area contributed by atoms with Crippen LogP contribution in [0.15, 0.2) is 83.3 Å². The number of methoxy groups -OCH3 is 1. The lowest BCUT2D eigenvalue weighted by Crippen LogP contribution is -2.45. The molecule has 1 amide bonds. The fourth-order valence-electron chi connectivity index (χ4n) is 3.26. The molecule has 210 valence electrons. The maximum absolute atomic E-state index is 12.6. The second-order valence-electron chi connectivity index (χ2n) is 8.54. The smallest absolute Gasteiger partial charge is 0.328 e. The van der Waals surface area contributed by atoms with Crippen molar-refractivity contribution in [2.75, 3.05) is 11.8 Å². The van der Waals surface area contributed by atoms with Gasteiger partial charge in [-0.15, -0.1) is 11.3 Å². The third-order valence-electron chi connectivity index (χ3n) is 5.29. The molecule has 1 unspecified atom stereocenters. The van der Waals surface area contributed by atoms with Crippen molar-refractivity contribution in [1.82, 2.24) is 15.3 Å². The molecule has 0 spiro atoms. The van der Waals surface area contributed by atoms with Gasteiger partial charge in [0.2, 0.25) is 0 Å². The largest absolute Gasteiger partial charge is 0.467 e. The molecule has 4 rings (SSSR count). The molecule has 0 aliphatic carbocycles. The van der Waals surface area contributed by atoms with Crippen molar-refractivity contribution >= 4 is 62.1 Å². The Morgan fingerprint density at radius 1 is 1.00 bits per heavy atom. The molecule has 2 aromatic carbocycles. The van der Waals surface area contributed by atoms with Gasteiger partial charge in [0.15, 0.2) is 5.01 Å². The zero-order chi connectivity index (χ0) is 29.3. The minimum absolute atomic E-state index is 0.0109. The number of hydrogen-bond acceptors (Lipinski definition) is 8. The van der Waals surface area contributed by atoms with Gasteiger partial charge in [0, 0.05) is 34.0 Å². The van der Waals surface area contributed by atoms with Crippen LogP contribution in [0.4, 0.5) is 5.69 Å². The number of esters is 1. The lowest BCUT2D eigenvalue weighted by atomic mass is 10.0. The predicted octanol–water partition coefficient (Wildman–Crippen LogP) is 5.93. The molecular formula is C27H26Cl2N4O5S2. The summed E-state index contributed by atoms with van der Waals surface area (Å²) in [6.45, 7) is 3.59. The highest BCUT2D eigenvalue weighted by molar-refractivity contribution is 7.92. The number of pyridine rings is 1. The topological polar surface area (TPSA) is 127 Å². The number of rotatable bonds is 8. The van der Waals surface area contributed by atoms with Crippen LogP contribution in [-0.4, -0.2) is 43.4 Å². The molecular weight excluding hydrogens is 595 g/mol. The molecule has 1 atom stereocenters. The first-order valence-electron chi connectivity index (χ1n) is 11.8. The predicted molar refractivity (Wildman–Crippen MR) is 157 cm³/mol. The lowest BCUT2D eigenvalue weighted by molar-refractivity contribution is -0.144. The van der Waals surface area contributed by atoms with Gasteiger partial charge < -0.3 is 10.1 Å². The van der Waals surface area contributed by atoms with Crippen molar-refractivity contribution in [3.63, 3.8) is 0 Å². The van der Waals surface area contributed by atoms with E-state index in [2.05, 4.69) is 20.0 Å². The minimum Gasteiger partial charge on any atom is -0.467 e. The highest BCUT2D eigenvalue weighted by atomic mass is 35.5. The average molecular weight is 622 g/mol. The summed E-state index contributed by atoms with van der Waals surface area (Å²) in [6, 6.07) is 15.5. The second kappa shape index (κ2) is 14.2. The number of carbonyl (C=O) groups excluding carboxylic acids is 2. The summed E-state index contributed by atoms with van der Waals surface area (Å²) in [5.74, 6) is -1.17.